The largest absolute Gasteiger partial charge is 0.390 e. The molecule has 1 saturated heterocycles. The van der Waals surface area contributed by atoms with E-state index in [9.17, 15) is 10.1 Å². The van der Waals surface area contributed by atoms with Crippen LogP contribution in [0.5, 0.6) is 0 Å². The molecule has 0 unspecified atom stereocenters. The molecule has 1 fully saturated rings. The highest BCUT2D eigenvalue weighted by Gasteiger charge is 2.19. The number of nitrogens with zero attached hydrogens (tertiary/aromatic N) is 4. The van der Waals surface area contributed by atoms with E-state index >= 15 is 0 Å². The maximum Gasteiger partial charge on any atom is 0.276 e. The summed E-state index contributed by atoms with van der Waals surface area (Å²) in [5, 5.41) is 19.9. The molecule has 8 nitrogen and oxygen atoms in total. The van der Waals surface area contributed by atoms with Gasteiger partial charge in [-0.25, -0.2) is 10.1 Å². The van der Waals surface area contributed by atoms with E-state index < -0.39 is 5.03 Å². The number of rotatable bonds is 5. The Bertz CT molecular complexity index is 531. The van der Waals surface area contributed by atoms with Gasteiger partial charge in [-0.05, 0) is 17.7 Å². The van der Waals surface area contributed by atoms with Crippen molar-refractivity contribution in [1.82, 2.24) is 10.2 Å². The monoisotopic (exact) mass is 297 g/mol. The van der Waals surface area contributed by atoms with Crippen LogP contribution in [-0.2, 0) is 11.4 Å². The van der Waals surface area contributed by atoms with Gasteiger partial charge in [0.15, 0.2) is 5.03 Å². The Morgan fingerprint density at radius 1 is 1.50 bits per heavy atom. The fourth-order valence-corrected chi connectivity index (χ4v) is 1.69. The van der Waals surface area contributed by atoms with Crippen LogP contribution in [0.4, 0.5) is 0 Å². The van der Waals surface area contributed by atoms with Gasteiger partial charge in [0.25, 0.3) is 5.96 Å². The summed E-state index contributed by atoms with van der Waals surface area (Å²) in [4.78, 5) is 16.9. The van der Waals surface area contributed by atoms with E-state index in [0.29, 0.717) is 18.1 Å². The number of nitro groups is 1. The molecule has 0 spiro atoms. The third-order valence-corrected chi connectivity index (χ3v) is 2.74. The number of hydrogen-bond donors (Lipinski definition) is 1. The van der Waals surface area contributed by atoms with Gasteiger partial charge in [0.05, 0.1) is 0 Å². The van der Waals surface area contributed by atoms with Crippen LogP contribution >= 0.6 is 11.6 Å². The number of hydrazone groups is 1. The molecule has 1 aromatic rings. The average Bonchev–Trinajstić information content (AvgIpc) is 2.83. The Kier molecular flexibility index (Phi) is 4.72. The zero-order valence-electron chi connectivity index (χ0n) is 10.4. The van der Waals surface area contributed by atoms with E-state index in [1.54, 1.807) is 12.1 Å². The molecule has 0 bridgehead atoms. The van der Waals surface area contributed by atoms with Gasteiger partial charge in [-0.15, -0.1) is 0 Å². The molecular weight excluding hydrogens is 286 g/mol. The summed E-state index contributed by atoms with van der Waals surface area (Å²) in [7, 11) is 0. The highest BCUT2D eigenvalue weighted by Crippen LogP contribution is 2.10. The zero-order valence-corrected chi connectivity index (χ0v) is 11.2. The fourth-order valence-electron chi connectivity index (χ4n) is 1.56. The molecule has 1 aromatic carbocycles. The summed E-state index contributed by atoms with van der Waals surface area (Å²) >= 11 is 5.76. The van der Waals surface area contributed by atoms with Gasteiger partial charge in [0.1, 0.15) is 18.0 Å². The van der Waals surface area contributed by atoms with E-state index in [1.807, 2.05) is 12.1 Å². The molecule has 20 heavy (non-hydrogen) atoms. The maximum absolute atomic E-state index is 10.3. The predicted octanol–water partition coefficient (Wildman–Crippen LogP) is 1.25. The summed E-state index contributed by atoms with van der Waals surface area (Å²) in [6.07, 6.45) is 1.36. The lowest BCUT2D eigenvalue weighted by Crippen LogP contribution is -2.29. The van der Waals surface area contributed by atoms with E-state index in [-0.39, 0.29) is 12.6 Å². The molecule has 1 aliphatic heterocycles. The highest BCUT2D eigenvalue weighted by molar-refractivity contribution is 6.30. The summed E-state index contributed by atoms with van der Waals surface area (Å²) in [6.45, 7) is 1.40. The molecule has 2 rings (SSSR count). The Morgan fingerprint density at radius 2 is 2.25 bits per heavy atom. The van der Waals surface area contributed by atoms with Gasteiger partial charge in [-0.2, -0.15) is 0 Å². The highest BCUT2D eigenvalue weighted by atomic mass is 35.5. The third-order valence-electron chi connectivity index (χ3n) is 2.49. The number of oxime groups is 1. The number of halogens is 1. The Labute approximate surface area is 119 Å². The minimum Gasteiger partial charge on any atom is -0.390 e. The quantitative estimate of drug-likeness (QED) is 0.382. The van der Waals surface area contributed by atoms with Crippen molar-refractivity contribution >= 4 is 23.9 Å². The number of benzene rings is 1. The normalized spacial score (nSPS) is 16.6. The molecule has 0 atom stereocenters. The first-order valence-electron chi connectivity index (χ1n) is 5.78. The van der Waals surface area contributed by atoms with Crippen molar-refractivity contribution in [3.8, 4) is 0 Å². The first kappa shape index (κ1) is 14.1. The summed E-state index contributed by atoms with van der Waals surface area (Å²) in [5.74, 6) is 0.147. The van der Waals surface area contributed by atoms with E-state index in [1.165, 1.54) is 11.2 Å². The minimum atomic E-state index is -0.761. The summed E-state index contributed by atoms with van der Waals surface area (Å²) in [5.41, 5.74) is 0.922. The van der Waals surface area contributed by atoms with Crippen LogP contribution in [0, 0.1) is 10.1 Å². The minimum absolute atomic E-state index is 0.147. The van der Waals surface area contributed by atoms with Gasteiger partial charge in [-0.1, -0.05) is 28.9 Å². The lowest BCUT2D eigenvalue weighted by atomic mass is 10.2. The summed E-state index contributed by atoms with van der Waals surface area (Å²) < 4.78 is 0. The molecule has 1 N–H and O–H groups in total. The van der Waals surface area contributed by atoms with Crippen LogP contribution in [0.2, 0.25) is 5.02 Å². The second kappa shape index (κ2) is 6.71. The molecule has 1 aliphatic rings. The zero-order chi connectivity index (χ0) is 14.4. The number of nitrogens with one attached hydrogen (secondary N) is 1. The van der Waals surface area contributed by atoms with Crippen LogP contribution in [0.3, 0.4) is 0 Å². The van der Waals surface area contributed by atoms with Crippen LogP contribution < -0.4 is 5.32 Å². The SMILES string of the molecule is O=[N+]([O-])N=C1NCCN1C=NOCc1ccc(Cl)cc1. The molecule has 0 radical (unpaired) electrons. The third kappa shape index (κ3) is 4.09. The van der Waals surface area contributed by atoms with Crippen molar-refractivity contribution < 1.29 is 9.87 Å². The molecule has 9 heteroatoms. The van der Waals surface area contributed by atoms with Crippen molar-refractivity contribution in [1.29, 1.82) is 0 Å². The lowest BCUT2D eigenvalue weighted by molar-refractivity contribution is -0.485. The molecular formula is C11H12ClN5O3. The predicted molar refractivity (Wildman–Crippen MR) is 73.9 cm³/mol. The van der Waals surface area contributed by atoms with E-state index in [4.69, 9.17) is 16.4 Å². The van der Waals surface area contributed by atoms with Crippen molar-refractivity contribution in [2.24, 2.45) is 10.3 Å². The fraction of sp³-hybridized carbons (Fsp3) is 0.273. The van der Waals surface area contributed by atoms with E-state index in [0.717, 1.165) is 5.56 Å². The molecule has 0 aliphatic carbocycles. The number of hydrogen-bond acceptors (Lipinski definition) is 4. The van der Waals surface area contributed by atoms with Crippen LogP contribution in [0.25, 0.3) is 0 Å². The van der Waals surface area contributed by atoms with Crippen LogP contribution in [0.1, 0.15) is 5.56 Å². The number of guanidine groups is 1. The van der Waals surface area contributed by atoms with E-state index in [2.05, 4.69) is 15.6 Å². The second-order valence-corrected chi connectivity index (χ2v) is 4.34. The van der Waals surface area contributed by atoms with Crippen molar-refractivity contribution in [2.75, 3.05) is 13.1 Å². The van der Waals surface area contributed by atoms with Crippen molar-refractivity contribution in [3.05, 3.63) is 45.0 Å². The standard InChI is InChI=1S/C11H12ClN5O3/c12-10-3-1-9(2-4-10)7-20-14-8-16-6-5-13-11(16)15-17(18)19/h1-4,8H,5-7H2,(H,13,15). The van der Waals surface area contributed by atoms with Gasteiger partial charge < -0.3 is 10.2 Å². The first-order valence-corrected chi connectivity index (χ1v) is 6.16. The van der Waals surface area contributed by atoms with Crippen LogP contribution in [-0.4, -0.2) is 35.3 Å². The maximum atomic E-state index is 10.3. The summed E-state index contributed by atoms with van der Waals surface area (Å²) in [6, 6.07) is 7.18. The molecule has 0 amide bonds. The lowest BCUT2D eigenvalue weighted by Gasteiger charge is -2.07. The van der Waals surface area contributed by atoms with Crippen molar-refractivity contribution in [2.45, 2.75) is 6.61 Å². The van der Waals surface area contributed by atoms with Crippen molar-refractivity contribution in [3.63, 3.8) is 0 Å². The first-order chi connectivity index (χ1) is 9.65. The molecule has 106 valence electrons. The topological polar surface area (TPSA) is 92.4 Å². The Balaban J connectivity index is 1.84. The van der Waals surface area contributed by atoms with Crippen LogP contribution in [0.15, 0.2) is 34.5 Å². The second-order valence-electron chi connectivity index (χ2n) is 3.90. The Morgan fingerprint density at radius 3 is 2.95 bits per heavy atom. The smallest absolute Gasteiger partial charge is 0.276 e. The van der Waals surface area contributed by atoms with Gasteiger partial charge >= 0.3 is 0 Å². The Hall–Kier alpha value is -2.35. The average molecular weight is 298 g/mol. The van der Waals surface area contributed by atoms with Gasteiger partial charge in [0, 0.05) is 18.1 Å². The van der Waals surface area contributed by atoms with Gasteiger partial charge in [0.2, 0.25) is 0 Å². The molecule has 1 heterocycles. The molecule has 0 saturated carbocycles. The van der Waals surface area contributed by atoms with Gasteiger partial charge in [-0.3, -0.25) is 4.90 Å². The molecule has 0 aromatic heterocycles.